The van der Waals surface area contributed by atoms with E-state index in [1.54, 1.807) is 16.9 Å². The number of methoxy groups -OCH3 is 2. The van der Waals surface area contributed by atoms with Gasteiger partial charge in [0, 0.05) is 44.3 Å². The Hall–Kier alpha value is -5.39. The van der Waals surface area contributed by atoms with Gasteiger partial charge in [0.2, 0.25) is 17.7 Å². The third kappa shape index (κ3) is 13.1. The smallest absolute Gasteiger partial charge is 0.411 e. The molecular formula is C33H36ClF3N6O12S2. The Balaban J connectivity index is 0.000000306. The lowest BCUT2D eigenvalue weighted by atomic mass is 9.81. The fraction of sp³-hybridized carbons (Fsp3) is 0.364. The van der Waals surface area contributed by atoms with Crippen molar-refractivity contribution in [3.8, 4) is 11.8 Å². The number of sulfone groups is 1. The number of aromatic nitrogens is 2. The molecule has 4 rings (SSSR count). The van der Waals surface area contributed by atoms with Crippen molar-refractivity contribution < 1.29 is 68.2 Å². The SMILES string of the molecule is COc1cc(OC)nc(NC(=O)NS(=O)(=O)Nc2ccccc2C(=O)N(C)C)n1.CS(=O)(=O)c1ccc(C(=O)C2C(=O)CCCC2=O)c(Cl)c1COCC(F)(F)F. The van der Waals surface area contributed by atoms with Gasteiger partial charge in [0.05, 0.1) is 48.1 Å². The third-order valence-corrected chi connectivity index (χ3v) is 10.0. The Morgan fingerprint density at radius 2 is 1.51 bits per heavy atom. The number of Topliss-reactive ketones (excluding diaryl/α,β-unsaturated/α-hetero) is 3. The lowest BCUT2D eigenvalue weighted by molar-refractivity contribution is -0.176. The summed E-state index contributed by atoms with van der Waals surface area (Å²) in [5.41, 5.74) is -0.529. The number of hydrogen-bond acceptors (Lipinski definition) is 14. The highest BCUT2D eigenvalue weighted by Gasteiger charge is 2.38. The van der Waals surface area contributed by atoms with Gasteiger partial charge in [-0.05, 0) is 30.7 Å². The van der Waals surface area contributed by atoms with E-state index in [0.717, 1.165) is 18.4 Å². The molecule has 0 atom stereocenters. The molecule has 0 radical (unpaired) electrons. The molecule has 310 valence electrons. The van der Waals surface area contributed by atoms with E-state index in [2.05, 4.69) is 24.7 Å². The average molecular weight is 865 g/mol. The van der Waals surface area contributed by atoms with Gasteiger partial charge in [0.15, 0.2) is 27.2 Å². The van der Waals surface area contributed by atoms with E-state index in [9.17, 15) is 54.0 Å². The van der Waals surface area contributed by atoms with Crippen LogP contribution in [0, 0.1) is 5.92 Å². The number of carbonyl (C=O) groups excluding carboxylic acids is 5. The van der Waals surface area contributed by atoms with Crippen molar-refractivity contribution in [1.82, 2.24) is 19.6 Å². The topological polar surface area (TPSA) is 246 Å². The lowest BCUT2D eigenvalue weighted by Gasteiger charge is -2.20. The lowest BCUT2D eigenvalue weighted by Crippen LogP contribution is -2.39. The van der Waals surface area contributed by atoms with Crippen LogP contribution in [0.3, 0.4) is 0 Å². The van der Waals surface area contributed by atoms with Gasteiger partial charge in [-0.2, -0.15) is 31.6 Å². The first-order chi connectivity index (χ1) is 26.5. The van der Waals surface area contributed by atoms with Gasteiger partial charge in [-0.3, -0.25) is 29.2 Å². The van der Waals surface area contributed by atoms with Crippen LogP contribution in [0.5, 0.6) is 11.8 Å². The maximum Gasteiger partial charge on any atom is 0.411 e. The van der Waals surface area contributed by atoms with Crippen LogP contribution in [-0.2, 0) is 41.0 Å². The molecule has 0 bridgehead atoms. The number of urea groups is 1. The van der Waals surface area contributed by atoms with Gasteiger partial charge in [0.1, 0.15) is 12.5 Å². The first-order valence-electron chi connectivity index (χ1n) is 16.1. The van der Waals surface area contributed by atoms with Gasteiger partial charge in [-0.1, -0.05) is 23.7 Å². The monoisotopic (exact) mass is 864 g/mol. The number of ether oxygens (including phenoxy) is 3. The Bertz CT molecular complexity index is 2220. The molecule has 2 aromatic carbocycles. The zero-order valence-corrected chi connectivity index (χ0v) is 33.1. The summed E-state index contributed by atoms with van der Waals surface area (Å²) in [5, 5.41) is 1.71. The van der Waals surface area contributed by atoms with E-state index in [4.69, 9.17) is 21.1 Å². The summed E-state index contributed by atoms with van der Waals surface area (Å²) in [7, 11) is -2.50. The zero-order valence-electron chi connectivity index (χ0n) is 30.7. The van der Waals surface area contributed by atoms with E-state index >= 15 is 0 Å². The second-order valence-corrected chi connectivity index (χ2v) is 15.8. The van der Waals surface area contributed by atoms with Gasteiger partial charge < -0.3 is 19.1 Å². The fourth-order valence-electron chi connectivity index (χ4n) is 4.99. The van der Waals surface area contributed by atoms with Crippen molar-refractivity contribution >= 4 is 72.6 Å². The van der Waals surface area contributed by atoms with Crippen LogP contribution < -0.4 is 24.2 Å². The minimum absolute atomic E-state index is 0.00537. The van der Waals surface area contributed by atoms with E-state index in [1.807, 2.05) is 0 Å². The number of amides is 3. The summed E-state index contributed by atoms with van der Waals surface area (Å²) < 4.78 is 104. The highest BCUT2D eigenvalue weighted by atomic mass is 35.5. The molecule has 1 aromatic heterocycles. The molecule has 3 aromatic rings. The molecule has 1 aliphatic carbocycles. The van der Waals surface area contributed by atoms with Gasteiger partial charge in [-0.15, -0.1) is 0 Å². The zero-order chi connectivity index (χ0) is 42.9. The van der Waals surface area contributed by atoms with Gasteiger partial charge in [0.25, 0.3) is 5.91 Å². The first-order valence-corrected chi connectivity index (χ1v) is 19.9. The molecule has 24 heteroatoms. The van der Waals surface area contributed by atoms with Crippen molar-refractivity contribution in [3.63, 3.8) is 0 Å². The molecule has 1 heterocycles. The number of carbonyl (C=O) groups is 5. The van der Waals surface area contributed by atoms with E-state index < -0.39 is 84.6 Å². The molecule has 57 heavy (non-hydrogen) atoms. The Morgan fingerprint density at radius 3 is 2.04 bits per heavy atom. The predicted octanol–water partition coefficient (Wildman–Crippen LogP) is 3.62. The Kier molecular flexibility index (Phi) is 15.5. The molecule has 0 aliphatic heterocycles. The van der Waals surface area contributed by atoms with Crippen molar-refractivity contribution in [1.29, 1.82) is 0 Å². The number of nitrogens with zero attached hydrogens (tertiary/aromatic N) is 3. The van der Waals surface area contributed by atoms with Crippen LogP contribution in [0.15, 0.2) is 47.4 Å². The standard InChI is InChI=1S/C17H16ClF3O6S.C16H20N6O6S/c1-28(25,26)13-6-5-9(15(18)10(13)7-27-8-17(19,20)21)16(24)14-11(22)3-2-4-12(14)23;1-22(2)14(23)10-7-5-6-8-11(10)20-29(25,26)21-16(24)19-15-17-12(27-3)9-13(18-15)28-4/h5-6,14H,2-4,7-8H2,1H3;5-9,20H,1-4H3,(H2,17,18,19,21,24). The summed E-state index contributed by atoms with van der Waals surface area (Å²) in [6, 6.07) is 8.26. The normalized spacial score (nSPS) is 13.5. The fourth-order valence-corrected chi connectivity index (χ4v) is 7.09. The summed E-state index contributed by atoms with van der Waals surface area (Å²) in [4.78, 5) is 69.5. The average Bonchev–Trinajstić information content (AvgIpc) is 3.10. The third-order valence-electron chi connectivity index (χ3n) is 7.49. The quantitative estimate of drug-likeness (QED) is 0.164. The van der Waals surface area contributed by atoms with Crippen LogP contribution >= 0.6 is 11.6 Å². The van der Waals surface area contributed by atoms with Gasteiger partial charge in [-0.25, -0.2) is 17.9 Å². The highest BCUT2D eigenvalue weighted by molar-refractivity contribution is 7.91. The van der Waals surface area contributed by atoms with E-state index in [-0.39, 0.29) is 52.9 Å². The maximum atomic E-state index is 12.7. The van der Waals surface area contributed by atoms with Crippen LogP contribution in [0.1, 0.15) is 45.5 Å². The second-order valence-electron chi connectivity index (χ2n) is 12.1. The number of nitrogens with one attached hydrogen (secondary N) is 3. The summed E-state index contributed by atoms with van der Waals surface area (Å²) in [6.45, 7) is -2.47. The van der Waals surface area contributed by atoms with Crippen LogP contribution in [0.25, 0.3) is 0 Å². The number of para-hydroxylation sites is 1. The Labute approximate surface area is 329 Å². The van der Waals surface area contributed by atoms with Crippen LogP contribution in [0.4, 0.5) is 29.6 Å². The number of benzene rings is 2. The first kappa shape index (κ1) is 46.0. The van der Waals surface area contributed by atoms with E-state index in [0.29, 0.717) is 6.42 Å². The maximum absolute atomic E-state index is 12.7. The number of ketones is 3. The van der Waals surface area contributed by atoms with Gasteiger partial charge >= 0.3 is 22.4 Å². The molecule has 1 aliphatic rings. The number of rotatable bonds is 13. The van der Waals surface area contributed by atoms with E-state index in [1.165, 1.54) is 51.4 Å². The molecule has 1 saturated carbocycles. The summed E-state index contributed by atoms with van der Waals surface area (Å²) >= 11 is 6.11. The molecule has 18 nitrogen and oxygen atoms in total. The number of alkyl halides is 3. The number of anilines is 2. The summed E-state index contributed by atoms with van der Waals surface area (Å²) in [6.07, 6.45) is -3.40. The molecule has 0 saturated heterocycles. The number of halogens is 4. The molecule has 0 unspecified atom stereocenters. The molecular weight excluding hydrogens is 829 g/mol. The van der Waals surface area contributed by atoms with Crippen molar-refractivity contribution in [3.05, 3.63) is 64.2 Å². The molecule has 1 fully saturated rings. The largest absolute Gasteiger partial charge is 0.481 e. The second kappa shape index (κ2) is 19.2. The molecule has 3 amide bonds. The van der Waals surface area contributed by atoms with Crippen molar-refractivity contribution in [2.75, 3.05) is 51.2 Å². The number of hydrogen-bond donors (Lipinski definition) is 3. The van der Waals surface area contributed by atoms with Crippen molar-refractivity contribution in [2.24, 2.45) is 5.92 Å². The predicted molar refractivity (Wildman–Crippen MR) is 196 cm³/mol. The van der Waals surface area contributed by atoms with Crippen LogP contribution in [-0.4, -0.2) is 108 Å². The minimum atomic E-state index is -4.65. The highest BCUT2D eigenvalue weighted by Crippen LogP contribution is 2.32. The van der Waals surface area contributed by atoms with Crippen LogP contribution in [0.2, 0.25) is 5.02 Å². The minimum Gasteiger partial charge on any atom is -0.481 e. The van der Waals surface area contributed by atoms with Crippen molar-refractivity contribution in [2.45, 2.75) is 36.9 Å². The molecule has 0 spiro atoms. The summed E-state index contributed by atoms with van der Waals surface area (Å²) in [5.74, 6) is -4.04. The molecule has 3 N–H and O–H groups in total. The Morgan fingerprint density at radius 1 is 0.930 bits per heavy atom.